The average Bonchev–Trinajstić information content (AvgIpc) is 1.60. The maximum absolute atomic E-state index is 14.5. The van der Waals surface area contributed by atoms with Gasteiger partial charge in [-0.15, -0.1) is 0 Å². The number of aryl methyl sites for hydroxylation is 4. The fourth-order valence-electron chi connectivity index (χ4n) is 11.0. The minimum absolute atomic E-state index is 0.00696. The molecular formula is C69H89N3O24. The van der Waals surface area contributed by atoms with Gasteiger partial charge in [-0.25, -0.2) is 4.79 Å². The number of ether oxygens (including phenoxy) is 16. The summed E-state index contributed by atoms with van der Waals surface area (Å²) in [5.41, 5.74) is 5.83. The first-order chi connectivity index (χ1) is 46.6. The number of hydrogen-bond donors (Lipinski definition) is 1. The Morgan fingerprint density at radius 1 is 0.594 bits per heavy atom. The summed E-state index contributed by atoms with van der Waals surface area (Å²) in [4.78, 5) is 107. The molecule has 2 unspecified atom stereocenters. The largest absolute Gasteiger partial charge is 0.493 e. The summed E-state index contributed by atoms with van der Waals surface area (Å²) in [6.45, 7) is 7.23. The summed E-state index contributed by atoms with van der Waals surface area (Å²) < 4.78 is 86.8. The zero-order valence-electron chi connectivity index (χ0n) is 55.5. The summed E-state index contributed by atoms with van der Waals surface area (Å²) in [5, 5.41) is 2.15. The normalized spacial score (nSPS) is 16.1. The molecule has 2 saturated heterocycles. The van der Waals surface area contributed by atoms with Gasteiger partial charge in [-0.3, -0.25) is 43.8 Å². The molecule has 0 saturated carbocycles. The molecule has 0 radical (unpaired) electrons. The van der Waals surface area contributed by atoms with Crippen LogP contribution in [-0.4, -0.2) is 184 Å². The zero-order chi connectivity index (χ0) is 68.6. The van der Waals surface area contributed by atoms with Crippen molar-refractivity contribution in [3.05, 3.63) is 117 Å². The Hall–Kier alpha value is -7.80. The summed E-state index contributed by atoms with van der Waals surface area (Å²) in [7, 11) is 3.15. The monoisotopic (exact) mass is 1340 g/mol. The lowest BCUT2D eigenvalue weighted by Crippen LogP contribution is -2.54. The van der Waals surface area contributed by atoms with Gasteiger partial charge < -0.3 is 80.7 Å². The van der Waals surface area contributed by atoms with Crippen molar-refractivity contribution in [1.29, 1.82) is 0 Å². The number of carbonyl (C=O) groups excluding carboxylic acids is 8. The summed E-state index contributed by atoms with van der Waals surface area (Å²) >= 11 is 0. The highest BCUT2D eigenvalue weighted by Gasteiger charge is 2.46. The summed E-state index contributed by atoms with van der Waals surface area (Å²) in [5.74, 6) is -2.45. The van der Waals surface area contributed by atoms with Gasteiger partial charge in [-0.2, -0.15) is 0 Å². The molecule has 96 heavy (non-hydrogen) atoms. The van der Waals surface area contributed by atoms with Gasteiger partial charge in [0.15, 0.2) is 77.4 Å². The van der Waals surface area contributed by atoms with Crippen molar-refractivity contribution in [2.45, 2.75) is 129 Å². The average molecular weight is 1340 g/mol. The van der Waals surface area contributed by atoms with Crippen LogP contribution in [0.15, 0.2) is 72.8 Å². The highest BCUT2D eigenvalue weighted by Crippen LogP contribution is 2.38. The Morgan fingerprint density at radius 3 is 1.78 bits per heavy atom. The van der Waals surface area contributed by atoms with Crippen LogP contribution in [0.1, 0.15) is 144 Å². The Morgan fingerprint density at radius 2 is 1.20 bits per heavy atom. The van der Waals surface area contributed by atoms with Crippen molar-refractivity contribution in [3.8, 4) is 23.0 Å². The minimum Gasteiger partial charge on any atom is -0.493 e. The van der Waals surface area contributed by atoms with Gasteiger partial charge in [0.1, 0.15) is 56.5 Å². The lowest BCUT2D eigenvalue weighted by atomic mass is 9.91. The molecular weight excluding hydrogens is 1250 g/mol. The summed E-state index contributed by atoms with van der Waals surface area (Å²) in [6.07, 6.45) is 4.13. The predicted molar refractivity (Wildman–Crippen MR) is 339 cm³/mol. The lowest BCUT2D eigenvalue weighted by molar-refractivity contribution is -0.232. The Balaban J connectivity index is 0.664. The van der Waals surface area contributed by atoms with Crippen LogP contribution < -0.4 is 24.3 Å². The number of ketones is 2. The van der Waals surface area contributed by atoms with Crippen LogP contribution in [0, 0.1) is 20.8 Å². The van der Waals surface area contributed by atoms with Crippen LogP contribution in [0.5, 0.6) is 23.0 Å². The molecule has 3 heterocycles. The van der Waals surface area contributed by atoms with Crippen LogP contribution >= 0.6 is 0 Å². The van der Waals surface area contributed by atoms with E-state index in [1.807, 2.05) is 38.1 Å². The van der Waals surface area contributed by atoms with Crippen molar-refractivity contribution in [1.82, 2.24) is 15.1 Å². The van der Waals surface area contributed by atoms with E-state index in [-0.39, 0.29) is 154 Å². The topological polar surface area (TPSA) is 303 Å². The van der Waals surface area contributed by atoms with Crippen LogP contribution in [0.2, 0.25) is 0 Å². The number of amides is 5. The third-order valence-corrected chi connectivity index (χ3v) is 16.0. The second kappa shape index (κ2) is 40.7. The molecule has 4 aromatic rings. The molecule has 3 aliphatic heterocycles. The number of esters is 1. The van der Waals surface area contributed by atoms with Crippen molar-refractivity contribution in [2.24, 2.45) is 0 Å². The number of fused-ring (bicyclic) bond motifs is 1. The summed E-state index contributed by atoms with van der Waals surface area (Å²) in [6, 6.07) is 19.9. The van der Waals surface area contributed by atoms with E-state index in [2.05, 4.69) is 37.4 Å². The van der Waals surface area contributed by atoms with Crippen LogP contribution in [0.4, 0.5) is 0 Å². The first-order valence-electron chi connectivity index (χ1n) is 32.0. The van der Waals surface area contributed by atoms with E-state index >= 15 is 0 Å². The quantitative estimate of drug-likeness (QED) is 0.0191. The zero-order valence-corrected chi connectivity index (χ0v) is 55.5. The number of carbonyl (C=O) groups is 8. The number of benzene rings is 4. The smallest absolute Gasteiger partial charge is 0.329 e. The van der Waals surface area contributed by atoms with Gasteiger partial charge in [0.05, 0.1) is 31.3 Å². The first-order valence-corrected chi connectivity index (χ1v) is 32.0. The van der Waals surface area contributed by atoms with Crippen LogP contribution in [0.25, 0.3) is 0 Å². The molecule has 0 aliphatic carbocycles. The highest BCUT2D eigenvalue weighted by atomic mass is 16.8. The van der Waals surface area contributed by atoms with Gasteiger partial charge in [0.2, 0.25) is 17.7 Å². The molecule has 524 valence electrons. The molecule has 1 N–H and O–H groups in total. The van der Waals surface area contributed by atoms with E-state index in [1.54, 1.807) is 31.3 Å². The highest BCUT2D eigenvalue weighted by molar-refractivity contribution is 6.24. The first kappa shape index (κ1) is 75.6. The van der Waals surface area contributed by atoms with E-state index in [4.69, 9.17) is 75.8 Å². The van der Waals surface area contributed by atoms with Crippen molar-refractivity contribution < 1.29 is 114 Å². The molecule has 5 amide bonds. The molecule has 4 atom stereocenters. The van der Waals surface area contributed by atoms with Crippen molar-refractivity contribution >= 4 is 47.1 Å². The Bertz CT molecular complexity index is 3210. The van der Waals surface area contributed by atoms with Gasteiger partial charge in [-0.05, 0) is 142 Å². The number of nitrogens with zero attached hydrogens (tertiary/aromatic N) is 2. The van der Waals surface area contributed by atoms with Gasteiger partial charge >= 0.3 is 5.97 Å². The molecule has 7 rings (SSSR count). The molecule has 0 bridgehead atoms. The second-order valence-corrected chi connectivity index (χ2v) is 22.9. The van der Waals surface area contributed by atoms with Crippen molar-refractivity contribution in [3.63, 3.8) is 0 Å². The van der Waals surface area contributed by atoms with Crippen LogP contribution in [-0.2, 0) is 92.0 Å². The number of methoxy groups -OCH3 is 2. The lowest BCUT2D eigenvalue weighted by Gasteiger charge is -2.37. The number of nitrogens with one attached hydrogen (secondary N) is 1. The maximum Gasteiger partial charge on any atom is 0.329 e. The van der Waals surface area contributed by atoms with E-state index < -0.39 is 53.7 Å². The van der Waals surface area contributed by atoms with Gasteiger partial charge in [0, 0.05) is 39.0 Å². The second-order valence-electron chi connectivity index (χ2n) is 22.9. The molecule has 0 aromatic heterocycles. The number of rotatable bonds is 46. The molecule has 27 heteroatoms. The van der Waals surface area contributed by atoms with E-state index in [1.165, 1.54) is 29.3 Å². The third kappa shape index (κ3) is 23.2. The number of piperidine rings is 2. The van der Waals surface area contributed by atoms with E-state index in [0.29, 0.717) is 67.9 Å². The van der Waals surface area contributed by atoms with Crippen LogP contribution in [0.3, 0.4) is 0 Å². The molecule has 2 fully saturated rings. The maximum atomic E-state index is 14.5. The fourth-order valence-corrected chi connectivity index (χ4v) is 11.0. The molecule has 3 aliphatic rings. The number of Topliss-reactive ketones (excluding diaryl/α,β-unsaturated/α-hetero) is 2. The standard InChI is InChI=1S/C69H89N3O24/c1-7-55(51-31-48(4)64(82-6)61(33-51)81-5)66(77)71-27-9-8-19-58(71)69(80)96-59(25-23-49-22-21-46(2)47(3)30-49)50-14-10-17-54(32-50)94-34-52(73)15-12-28-83-36-85-38-87-40-89-42-91-44-93-45-92-43-90-41-88-39-86-37-84-29-13-16-53(74)35-95-60-20-11-18-56-63(60)68(79)72(67(56)78)57-24-26-62(75)70-65(57)76/h10-11,14,17-18,20-22,30-33,55,57-59H,7-9,12-13,15-16,19,23-29,34-45H2,1-6H3,(H,70,75,76)/t55-,57?,58-,59?/m0/s1. The Labute approximate surface area is 558 Å². The van der Waals surface area contributed by atoms with E-state index in [0.717, 1.165) is 34.4 Å². The number of imide groups is 2. The number of likely N-dealkylation sites (tertiary alicyclic amines) is 1. The molecule has 27 nitrogen and oxygen atoms in total. The minimum atomic E-state index is -1.12. The third-order valence-electron chi connectivity index (χ3n) is 16.0. The SMILES string of the molecule is CC[C@H](C(=O)N1CCCC[C@H]1C(=O)OC(CCc1ccc(C)c(C)c1)c1cccc(OCC(=O)CCCOCOCOCOCOCOCOCOCOCOCOCCCC(=O)COc2cccc3c2C(=O)N(C2CCC(=O)NC2=O)C3=O)c1)c1cc(C)c(OC)c(OC)c1. The van der Waals surface area contributed by atoms with Crippen molar-refractivity contribution in [2.75, 3.05) is 115 Å². The Kier molecular flexibility index (Phi) is 32.0. The number of hydrogen-bond acceptors (Lipinski definition) is 24. The van der Waals surface area contributed by atoms with E-state index in [9.17, 15) is 38.4 Å². The molecule has 4 aromatic carbocycles. The predicted octanol–water partition coefficient (Wildman–Crippen LogP) is 7.74. The van der Waals surface area contributed by atoms with Gasteiger partial charge in [-0.1, -0.05) is 49.4 Å². The van der Waals surface area contributed by atoms with Gasteiger partial charge in [0.25, 0.3) is 11.8 Å². The molecule has 0 spiro atoms. The fraction of sp³-hybridized carbons (Fsp3) is 0.536.